The molecule has 3 nitrogen and oxygen atoms in total. The second-order valence-electron chi connectivity index (χ2n) is 7.83. The van der Waals surface area contributed by atoms with E-state index in [1.165, 1.54) is 87.0 Å². The Balaban J connectivity index is 1.79. The Morgan fingerprint density at radius 1 is 0.750 bits per heavy atom. The summed E-state index contributed by atoms with van der Waals surface area (Å²) in [4.78, 5) is 11.9. The van der Waals surface area contributed by atoms with Crippen molar-refractivity contribution in [2.75, 3.05) is 18.4 Å². The van der Waals surface area contributed by atoms with Gasteiger partial charge in [-0.3, -0.25) is 4.79 Å². The molecule has 0 bridgehead atoms. The van der Waals surface area contributed by atoms with E-state index in [4.69, 9.17) is 0 Å². The van der Waals surface area contributed by atoms with E-state index < -0.39 is 0 Å². The van der Waals surface area contributed by atoms with E-state index in [-0.39, 0.29) is 5.91 Å². The van der Waals surface area contributed by atoms with Crippen LogP contribution in [0.1, 0.15) is 96.8 Å². The number of amides is 1. The molecule has 4 heteroatoms. The summed E-state index contributed by atoms with van der Waals surface area (Å²) in [5.74, 6) is 0.0339. The first kappa shape index (κ1) is 25.4. The monoisotopic (exact) mass is 500 g/mol. The molecule has 0 aromatic heterocycles. The molecule has 0 aliphatic carbocycles. The van der Waals surface area contributed by atoms with Crippen LogP contribution >= 0.6 is 22.6 Å². The van der Waals surface area contributed by atoms with Gasteiger partial charge in [0.15, 0.2) is 0 Å². The van der Waals surface area contributed by atoms with Crippen molar-refractivity contribution in [1.29, 1.82) is 0 Å². The summed E-state index contributed by atoms with van der Waals surface area (Å²) in [5, 5.41) is 6.16. The lowest BCUT2D eigenvalue weighted by molar-refractivity contribution is -0.115. The second-order valence-corrected chi connectivity index (χ2v) is 9.07. The zero-order valence-electron chi connectivity index (χ0n) is 17.9. The molecule has 0 aliphatic rings. The normalized spacial score (nSPS) is 10.9. The number of carbonyl (C=O) groups is 1. The van der Waals surface area contributed by atoms with Gasteiger partial charge in [-0.05, 0) is 59.8 Å². The highest BCUT2D eigenvalue weighted by Crippen LogP contribution is 2.13. The summed E-state index contributed by atoms with van der Waals surface area (Å²) in [7, 11) is 0. The maximum Gasteiger partial charge on any atom is 0.238 e. The highest BCUT2D eigenvalue weighted by molar-refractivity contribution is 14.1. The molecule has 0 radical (unpaired) electrons. The molecule has 1 aromatic rings. The fourth-order valence-corrected chi connectivity index (χ4v) is 3.74. The number of hydrogen-bond acceptors (Lipinski definition) is 2. The molecular formula is C24H41IN2O. The predicted molar refractivity (Wildman–Crippen MR) is 131 cm³/mol. The van der Waals surface area contributed by atoms with Crippen LogP contribution in [0.4, 0.5) is 5.69 Å². The largest absolute Gasteiger partial charge is 0.325 e. The highest BCUT2D eigenvalue weighted by Gasteiger charge is 2.01. The summed E-state index contributed by atoms with van der Waals surface area (Å²) in [6.45, 7) is 3.60. The van der Waals surface area contributed by atoms with Gasteiger partial charge in [-0.1, -0.05) is 90.4 Å². The molecular weight excluding hydrogens is 459 g/mol. The first-order chi connectivity index (χ1) is 13.7. The van der Waals surface area contributed by atoms with Crippen LogP contribution in [0.25, 0.3) is 0 Å². The number of rotatable bonds is 18. The summed E-state index contributed by atoms with van der Waals surface area (Å²) in [6, 6.07) is 7.87. The first-order valence-corrected chi connectivity index (χ1v) is 12.6. The van der Waals surface area contributed by atoms with E-state index in [1.807, 2.05) is 24.3 Å². The summed E-state index contributed by atoms with van der Waals surface area (Å²) in [5.41, 5.74) is 0.865. The van der Waals surface area contributed by atoms with Crippen LogP contribution in [-0.2, 0) is 4.79 Å². The number of benzene rings is 1. The quantitative estimate of drug-likeness (QED) is 0.164. The molecule has 0 heterocycles. The molecule has 0 atom stereocenters. The minimum Gasteiger partial charge on any atom is -0.325 e. The lowest BCUT2D eigenvalue weighted by atomic mass is 10.0. The van der Waals surface area contributed by atoms with Crippen LogP contribution in [-0.4, -0.2) is 19.0 Å². The SMILES string of the molecule is CCCCCCCCCCCCCCCCNCC(=O)Nc1ccc(I)cc1. The van der Waals surface area contributed by atoms with Gasteiger partial charge in [-0.25, -0.2) is 0 Å². The Bertz CT molecular complexity index is 490. The van der Waals surface area contributed by atoms with Gasteiger partial charge in [0.1, 0.15) is 0 Å². The third-order valence-electron chi connectivity index (χ3n) is 5.12. The topological polar surface area (TPSA) is 41.1 Å². The van der Waals surface area contributed by atoms with E-state index >= 15 is 0 Å². The van der Waals surface area contributed by atoms with E-state index in [0.717, 1.165) is 18.7 Å². The number of anilines is 1. The Hall–Kier alpha value is -0.620. The Kier molecular flexibility index (Phi) is 16.7. The molecule has 1 aromatic carbocycles. The van der Waals surface area contributed by atoms with Crippen molar-refractivity contribution < 1.29 is 4.79 Å². The van der Waals surface area contributed by atoms with E-state index in [2.05, 4.69) is 40.1 Å². The molecule has 1 amide bonds. The zero-order valence-corrected chi connectivity index (χ0v) is 20.1. The number of nitrogens with one attached hydrogen (secondary N) is 2. The molecule has 28 heavy (non-hydrogen) atoms. The van der Waals surface area contributed by atoms with Crippen LogP contribution in [0, 0.1) is 3.57 Å². The van der Waals surface area contributed by atoms with Gasteiger partial charge >= 0.3 is 0 Å². The van der Waals surface area contributed by atoms with Crippen molar-refractivity contribution in [3.63, 3.8) is 0 Å². The fraction of sp³-hybridized carbons (Fsp3) is 0.708. The molecule has 0 spiro atoms. The van der Waals surface area contributed by atoms with Gasteiger partial charge in [0.25, 0.3) is 0 Å². The molecule has 0 unspecified atom stereocenters. The second kappa shape index (κ2) is 18.4. The number of hydrogen-bond donors (Lipinski definition) is 2. The Morgan fingerprint density at radius 2 is 1.21 bits per heavy atom. The van der Waals surface area contributed by atoms with Crippen molar-refractivity contribution in [1.82, 2.24) is 5.32 Å². The minimum absolute atomic E-state index is 0.0339. The van der Waals surface area contributed by atoms with E-state index in [0.29, 0.717) is 6.54 Å². The molecule has 160 valence electrons. The Labute approximate surface area is 187 Å². The third-order valence-corrected chi connectivity index (χ3v) is 5.84. The molecule has 0 fully saturated rings. The summed E-state index contributed by atoms with van der Waals surface area (Å²) in [6.07, 6.45) is 19.3. The van der Waals surface area contributed by atoms with Gasteiger partial charge < -0.3 is 10.6 Å². The number of unbranched alkanes of at least 4 members (excludes halogenated alkanes) is 13. The van der Waals surface area contributed by atoms with Crippen molar-refractivity contribution in [3.8, 4) is 0 Å². The van der Waals surface area contributed by atoms with Gasteiger partial charge in [0.05, 0.1) is 6.54 Å². The van der Waals surface area contributed by atoms with Crippen molar-refractivity contribution >= 4 is 34.2 Å². The molecule has 1 rings (SSSR count). The lowest BCUT2D eigenvalue weighted by Crippen LogP contribution is -2.28. The van der Waals surface area contributed by atoms with Crippen LogP contribution in [0.3, 0.4) is 0 Å². The number of halogens is 1. The van der Waals surface area contributed by atoms with Crippen LogP contribution in [0.5, 0.6) is 0 Å². The molecule has 0 saturated heterocycles. The highest BCUT2D eigenvalue weighted by atomic mass is 127. The van der Waals surface area contributed by atoms with Crippen LogP contribution in [0.15, 0.2) is 24.3 Å². The van der Waals surface area contributed by atoms with Crippen molar-refractivity contribution in [2.45, 2.75) is 96.8 Å². The van der Waals surface area contributed by atoms with Crippen molar-refractivity contribution in [3.05, 3.63) is 27.8 Å². The standard InChI is InChI=1S/C24H41IN2O/c1-2-3-4-5-6-7-8-9-10-11-12-13-14-15-20-26-21-24(28)27-23-18-16-22(25)17-19-23/h16-19,26H,2-15,20-21H2,1H3,(H,27,28). The van der Waals surface area contributed by atoms with Gasteiger partial charge in [0, 0.05) is 9.26 Å². The molecule has 0 aliphatic heterocycles. The van der Waals surface area contributed by atoms with Gasteiger partial charge in [-0.15, -0.1) is 0 Å². The third kappa shape index (κ3) is 15.3. The fourth-order valence-electron chi connectivity index (χ4n) is 3.38. The van der Waals surface area contributed by atoms with Crippen LogP contribution < -0.4 is 10.6 Å². The Morgan fingerprint density at radius 3 is 1.71 bits per heavy atom. The molecule has 2 N–H and O–H groups in total. The first-order valence-electron chi connectivity index (χ1n) is 11.5. The van der Waals surface area contributed by atoms with Gasteiger partial charge in [0.2, 0.25) is 5.91 Å². The summed E-state index contributed by atoms with van der Waals surface area (Å²) < 4.78 is 1.17. The maximum atomic E-state index is 11.9. The number of carbonyl (C=O) groups excluding carboxylic acids is 1. The predicted octanol–water partition coefficient (Wildman–Crippen LogP) is 7.30. The van der Waals surface area contributed by atoms with E-state index in [1.54, 1.807) is 0 Å². The van der Waals surface area contributed by atoms with Crippen LogP contribution in [0.2, 0.25) is 0 Å². The lowest BCUT2D eigenvalue weighted by Gasteiger charge is -2.07. The minimum atomic E-state index is 0.0339. The zero-order chi connectivity index (χ0) is 20.3. The van der Waals surface area contributed by atoms with Crippen molar-refractivity contribution in [2.24, 2.45) is 0 Å². The summed E-state index contributed by atoms with van der Waals surface area (Å²) >= 11 is 2.26. The smallest absolute Gasteiger partial charge is 0.238 e. The molecule has 0 saturated carbocycles. The van der Waals surface area contributed by atoms with Gasteiger partial charge in [-0.2, -0.15) is 0 Å². The van der Waals surface area contributed by atoms with E-state index in [9.17, 15) is 4.79 Å². The maximum absolute atomic E-state index is 11.9. The average Bonchev–Trinajstić information content (AvgIpc) is 2.69. The average molecular weight is 501 g/mol.